The van der Waals surface area contributed by atoms with E-state index in [0.29, 0.717) is 23.8 Å². The minimum atomic E-state index is -1.10. The van der Waals surface area contributed by atoms with E-state index in [1.165, 1.54) is 6.08 Å². The standard InChI is InChI=1S/C20H26O5/c1-11-9-15-20(3)13(18(23)24-15)5-4-6-14(20)19(11,2)8-7-12-10-16(21)25-17(12)22/h5,10-11,14-15,17,22H,4,6-9H2,1-3H3. The van der Waals surface area contributed by atoms with Gasteiger partial charge in [0.25, 0.3) is 0 Å². The van der Waals surface area contributed by atoms with Crippen LogP contribution in [0.25, 0.3) is 0 Å². The second-order valence-electron chi connectivity index (χ2n) is 8.58. The van der Waals surface area contributed by atoms with Crippen molar-refractivity contribution in [3.63, 3.8) is 0 Å². The van der Waals surface area contributed by atoms with Gasteiger partial charge in [-0.25, -0.2) is 9.59 Å². The number of rotatable bonds is 3. The maximum absolute atomic E-state index is 12.3. The third-order valence-corrected chi connectivity index (χ3v) is 7.54. The summed E-state index contributed by atoms with van der Waals surface area (Å²) in [6.45, 7) is 6.74. The molecule has 1 N–H and O–H groups in total. The van der Waals surface area contributed by atoms with Crippen LogP contribution in [0.15, 0.2) is 23.3 Å². The fraction of sp³-hybridized carbons (Fsp3) is 0.700. The Morgan fingerprint density at radius 1 is 1.28 bits per heavy atom. The van der Waals surface area contributed by atoms with Crippen LogP contribution >= 0.6 is 0 Å². The molecule has 2 aliphatic heterocycles. The van der Waals surface area contributed by atoms with Crippen molar-refractivity contribution >= 4 is 11.9 Å². The molecule has 4 rings (SSSR count). The van der Waals surface area contributed by atoms with Gasteiger partial charge in [-0.1, -0.05) is 26.8 Å². The molecule has 4 aliphatic rings. The minimum absolute atomic E-state index is 0.0188. The van der Waals surface area contributed by atoms with Gasteiger partial charge in [-0.2, -0.15) is 0 Å². The van der Waals surface area contributed by atoms with E-state index >= 15 is 0 Å². The van der Waals surface area contributed by atoms with E-state index in [9.17, 15) is 14.7 Å². The van der Waals surface area contributed by atoms with Crippen LogP contribution in [0.5, 0.6) is 0 Å². The Labute approximate surface area is 148 Å². The van der Waals surface area contributed by atoms with Gasteiger partial charge in [0.05, 0.1) is 0 Å². The van der Waals surface area contributed by atoms with E-state index in [1.54, 1.807) is 0 Å². The number of esters is 2. The van der Waals surface area contributed by atoms with Crippen molar-refractivity contribution in [3.05, 3.63) is 23.3 Å². The van der Waals surface area contributed by atoms with Crippen molar-refractivity contribution in [3.8, 4) is 0 Å². The van der Waals surface area contributed by atoms with Crippen molar-refractivity contribution in [2.75, 3.05) is 0 Å². The number of carbonyl (C=O) groups excluding carboxylic acids is 2. The summed E-state index contributed by atoms with van der Waals surface area (Å²) < 4.78 is 10.5. The highest BCUT2D eigenvalue weighted by molar-refractivity contribution is 5.93. The summed E-state index contributed by atoms with van der Waals surface area (Å²) in [5.41, 5.74) is 1.33. The van der Waals surface area contributed by atoms with Gasteiger partial charge in [0.2, 0.25) is 6.29 Å². The fourth-order valence-electron chi connectivity index (χ4n) is 5.83. The molecule has 0 aromatic rings. The van der Waals surface area contributed by atoms with Gasteiger partial charge in [-0.3, -0.25) is 0 Å². The summed E-state index contributed by atoms with van der Waals surface area (Å²) in [7, 11) is 0. The molecular weight excluding hydrogens is 320 g/mol. The summed E-state index contributed by atoms with van der Waals surface area (Å²) >= 11 is 0. The predicted molar refractivity (Wildman–Crippen MR) is 90.1 cm³/mol. The predicted octanol–water partition coefficient (Wildman–Crippen LogP) is 2.88. The van der Waals surface area contributed by atoms with Crippen molar-refractivity contribution in [1.82, 2.24) is 0 Å². The zero-order chi connectivity index (χ0) is 18.0. The van der Waals surface area contributed by atoms with Crippen LogP contribution in [0, 0.1) is 22.7 Å². The molecule has 5 heteroatoms. The van der Waals surface area contributed by atoms with Crippen molar-refractivity contribution in [1.29, 1.82) is 0 Å². The quantitative estimate of drug-likeness (QED) is 0.796. The highest BCUT2D eigenvalue weighted by Gasteiger charge is 2.64. The number of aliphatic hydroxyl groups is 1. The summed E-state index contributed by atoms with van der Waals surface area (Å²) in [6, 6.07) is 0. The lowest BCUT2D eigenvalue weighted by Crippen LogP contribution is -2.54. The van der Waals surface area contributed by atoms with Gasteiger partial charge < -0.3 is 14.6 Å². The molecule has 0 amide bonds. The topological polar surface area (TPSA) is 72.8 Å². The molecule has 2 heterocycles. The lowest BCUT2D eigenvalue weighted by molar-refractivity contribution is -0.152. The van der Waals surface area contributed by atoms with Crippen LogP contribution in [0.2, 0.25) is 0 Å². The fourth-order valence-corrected chi connectivity index (χ4v) is 5.83. The molecule has 0 radical (unpaired) electrons. The van der Waals surface area contributed by atoms with Gasteiger partial charge in [-0.15, -0.1) is 0 Å². The van der Waals surface area contributed by atoms with Crippen LogP contribution in [-0.2, 0) is 19.1 Å². The Hall–Kier alpha value is -1.62. The van der Waals surface area contributed by atoms with E-state index < -0.39 is 12.3 Å². The second kappa shape index (κ2) is 5.44. The number of hydrogen-bond donors (Lipinski definition) is 1. The van der Waals surface area contributed by atoms with E-state index in [-0.39, 0.29) is 22.9 Å². The Kier molecular flexibility index (Phi) is 3.66. The van der Waals surface area contributed by atoms with Crippen molar-refractivity contribution < 1.29 is 24.2 Å². The zero-order valence-corrected chi connectivity index (χ0v) is 15.1. The third-order valence-electron chi connectivity index (χ3n) is 7.54. The second-order valence-corrected chi connectivity index (χ2v) is 8.58. The molecule has 6 atom stereocenters. The Morgan fingerprint density at radius 3 is 2.72 bits per heavy atom. The molecule has 6 unspecified atom stereocenters. The number of aliphatic hydroxyl groups excluding tert-OH is 1. The normalized spacial score (nSPS) is 45.4. The molecule has 2 aliphatic carbocycles. The molecule has 1 saturated heterocycles. The van der Waals surface area contributed by atoms with Gasteiger partial charge in [0, 0.05) is 22.6 Å². The van der Waals surface area contributed by atoms with Gasteiger partial charge >= 0.3 is 11.9 Å². The van der Waals surface area contributed by atoms with Crippen LogP contribution in [0.4, 0.5) is 0 Å². The van der Waals surface area contributed by atoms with Gasteiger partial charge in [-0.05, 0) is 49.4 Å². The molecule has 1 saturated carbocycles. The van der Waals surface area contributed by atoms with E-state index in [2.05, 4.69) is 26.8 Å². The average molecular weight is 346 g/mol. The molecular formula is C20H26O5. The maximum atomic E-state index is 12.3. The number of allylic oxidation sites excluding steroid dienone is 1. The first-order chi connectivity index (χ1) is 11.8. The summed E-state index contributed by atoms with van der Waals surface area (Å²) in [4.78, 5) is 23.7. The molecule has 0 aromatic heterocycles. The minimum Gasteiger partial charge on any atom is -0.458 e. The highest BCUT2D eigenvalue weighted by Crippen LogP contribution is 2.65. The van der Waals surface area contributed by atoms with Crippen LogP contribution in [0.1, 0.15) is 52.9 Å². The van der Waals surface area contributed by atoms with Crippen LogP contribution in [-0.4, -0.2) is 29.4 Å². The van der Waals surface area contributed by atoms with Crippen LogP contribution in [0.3, 0.4) is 0 Å². The highest BCUT2D eigenvalue weighted by atomic mass is 16.6. The molecule has 0 spiro atoms. The van der Waals surface area contributed by atoms with E-state index in [1.807, 2.05) is 0 Å². The SMILES string of the molecule is CC1CC2OC(=O)C3=CCCC(C1(C)CCC1=CC(=O)OC1O)C32C. The lowest BCUT2D eigenvalue weighted by atomic mass is 9.46. The van der Waals surface area contributed by atoms with Crippen molar-refractivity contribution in [2.45, 2.75) is 65.3 Å². The van der Waals surface area contributed by atoms with Crippen LogP contribution < -0.4 is 0 Å². The summed E-state index contributed by atoms with van der Waals surface area (Å²) in [6.07, 6.45) is 6.69. The molecule has 5 nitrogen and oxygen atoms in total. The lowest BCUT2D eigenvalue weighted by Gasteiger charge is -2.57. The largest absolute Gasteiger partial charge is 0.458 e. The first-order valence-corrected chi connectivity index (χ1v) is 9.27. The zero-order valence-electron chi connectivity index (χ0n) is 15.1. The Balaban J connectivity index is 1.63. The first kappa shape index (κ1) is 16.8. The third kappa shape index (κ3) is 2.24. The number of cyclic esters (lactones) is 1. The number of carbonyl (C=O) groups is 2. The molecule has 136 valence electrons. The van der Waals surface area contributed by atoms with Crippen molar-refractivity contribution in [2.24, 2.45) is 22.7 Å². The van der Waals surface area contributed by atoms with Gasteiger partial charge in [0.15, 0.2) is 0 Å². The number of hydrogen-bond acceptors (Lipinski definition) is 5. The molecule has 0 bridgehead atoms. The maximum Gasteiger partial charge on any atom is 0.334 e. The number of ether oxygens (including phenoxy) is 2. The van der Waals surface area contributed by atoms with E-state index in [4.69, 9.17) is 9.47 Å². The Bertz CT molecular complexity index is 692. The van der Waals surface area contributed by atoms with Gasteiger partial charge in [0.1, 0.15) is 6.10 Å². The summed E-state index contributed by atoms with van der Waals surface area (Å²) in [5.74, 6) is 0.156. The smallest absolute Gasteiger partial charge is 0.334 e. The molecule has 25 heavy (non-hydrogen) atoms. The summed E-state index contributed by atoms with van der Waals surface area (Å²) in [5, 5.41) is 9.87. The Morgan fingerprint density at radius 2 is 2.04 bits per heavy atom. The molecule has 2 fully saturated rings. The molecule has 0 aromatic carbocycles. The van der Waals surface area contributed by atoms with E-state index in [0.717, 1.165) is 31.3 Å². The monoisotopic (exact) mass is 346 g/mol. The first-order valence-electron chi connectivity index (χ1n) is 9.27. The average Bonchev–Trinajstić information content (AvgIpc) is 3.00.